The number of halogens is 1. The van der Waals surface area contributed by atoms with Crippen LogP contribution in [0.5, 0.6) is 5.75 Å². The molecule has 0 heterocycles. The SMILES string of the molecule is C/C=C\CCc1cc(Br)ccc1OCCC. The maximum absolute atomic E-state index is 5.73. The molecule has 88 valence electrons. The van der Waals surface area contributed by atoms with E-state index in [0.29, 0.717) is 0 Å². The molecule has 1 rings (SSSR count). The van der Waals surface area contributed by atoms with E-state index >= 15 is 0 Å². The second-order valence-corrected chi connectivity index (χ2v) is 4.62. The average molecular weight is 283 g/mol. The van der Waals surface area contributed by atoms with Crippen molar-refractivity contribution in [2.45, 2.75) is 33.1 Å². The molecule has 2 heteroatoms. The maximum Gasteiger partial charge on any atom is 0.122 e. The highest BCUT2D eigenvalue weighted by molar-refractivity contribution is 9.10. The molecule has 0 fully saturated rings. The van der Waals surface area contributed by atoms with Crippen molar-refractivity contribution in [2.24, 2.45) is 0 Å². The zero-order chi connectivity index (χ0) is 11.8. The molecule has 16 heavy (non-hydrogen) atoms. The number of aryl methyl sites for hydroxylation is 1. The van der Waals surface area contributed by atoms with Crippen LogP contribution in [0.4, 0.5) is 0 Å². The number of hydrogen-bond donors (Lipinski definition) is 0. The minimum Gasteiger partial charge on any atom is -0.493 e. The highest BCUT2D eigenvalue weighted by Gasteiger charge is 2.03. The third-order valence-corrected chi connectivity index (χ3v) is 2.79. The van der Waals surface area contributed by atoms with Gasteiger partial charge in [-0.15, -0.1) is 0 Å². The molecule has 0 radical (unpaired) electrons. The Labute approximate surface area is 107 Å². The monoisotopic (exact) mass is 282 g/mol. The van der Waals surface area contributed by atoms with Gasteiger partial charge in [-0.1, -0.05) is 35.0 Å². The first-order chi connectivity index (χ1) is 7.77. The number of allylic oxidation sites excluding steroid dienone is 2. The molecule has 0 unspecified atom stereocenters. The molecule has 0 N–H and O–H groups in total. The van der Waals surface area contributed by atoms with Gasteiger partial charge in [-0.2, -0.15) is 0 Å². The molecule has 0 aromatic heterocycles. The zero-order valence-electron chi connectivity index (χ0n) is 10.0. The van der Waals surface area contributed by atoms with Crippen LogP contribution in [0.15, 0.2) is 34.8 Å². The first-order valence-electron chi connectivity index (χ1n) is 5.80. The van der Waals surface area contributed by atoms with E-state index in [0.717, 1.165) is 36.1 Å². The molecule has 1 nitrogen and oxygen atoms in total. The Kier molecular flexibility index (Phi) is 6.24. The lowest BCUT2D eigenvalue weighted by Gasteiger charge is -2.10. The van der Waals surface area contributed by atoms with E-state index in [1.54, 1.807) is 0 Å². The zero-order valence-corrected chi connectivity index (χ0v) is 11.6. The van der Waals surface area contributed by atoms with Crippen molar-refractivity contribution in [3.63, 3.8) is 0 Å². The van der Waals surface area contributed by atoms with Crippen molar-refractivity contribution in [3.05, 3.63) is 40.4 Å². The van der Waals surface area contributed by atoms with E-state index in [1.165, 1.54) is 5.56 Å². The summed E-state index contributed by atoms with van der Waals surface area (Å²) in [4.78, 5) is 0. The van der Waals surface area contributed by atoms with Gasteiger partial charge in [0.15, 0.2) is 0 Å². The van der Waals surface area contributed by atoms with E-state index < -0.39 is 0 Å². The molecular formula is C14H19BrO. The standard InChI is InChI=1S/C14H19BrO/c1-3-5-6-7-12-11-13(15)8-9-14(12)16-10-4-2/h3,5,8-9,11H,4,6-7,10H2,1-2H3/b5-3-. The lowest BCUT2D eigenvalue weighted by Crippen LogP contribution is -1.98. The van der Waals surface area contributed by atoms with E-state index in [4.69, 9.17) is 4.74 Å². The molecule has 0 saturated heterocycles. The smallest absolute Gasteiger partial charge is 0.122 e. The summed E-state index contributed by atoms with van der Waals surface area (Å²) in [6.45, 7) is 4.96. The van der Waals surface area contributed by atoms with Crippen LogP contribution in [0.1, 0.15) is 32.3 Å². The van der Waals surface area contributed by atoms with Crippen LogP contribution >= 0.6 is 15.9 Å². The van der Waals surface area contributed by atoms with Crippen LogP contribution in [-0.2, 0) is 6.42 Å². The Balaban J connectivity index is 2.72. The molecule has 0 atom stereocenters. The summed E-state index contributed by atoms with van der Waals surface area (Å²) in [5.74, 6) is 1.02. The predicted molar refractivity (Wildman–Crippen MR) is 73.1 cm³/mol. The molecule has 0 saturated carbocycles. The molecule has 1 aromatic rings. The van der Waals surface area contributed by atoms with Crippen LogP contribution in [0, 0.1) is 0 Å². The van der Waals surface area contributed by atoms with Crippen molar-refractivity contribution >= 4 is 15.9 Å². The fourth-order valence-electron chi connectivity index (χ4n) is 1.50. The van der Waals surface area contributed by atoms with Gasteiger partial charge >= 0.3 is 0 Å². The topological polar surface area (TPSA) is 9.23 Å². The first kappa shape index (κ1) is 13.3. The van der Waals surface area contributed by atoms with Gasteiger partial charge in [0.1, 0.15) is 5.75 Å². The number of hydrogen-bond acceptors (Lipinski definition) is 1. The third-order valence-electron chi connectivity index (χ3n) is 2.30. The van der Waals surface area contributed by atoms with Gasteiger partial charge in [0.05, 0.1) is 6.61 Å². The van der Waals surface area contributed by atoms with Crippen LogP contribution in [0.2, 0.25) is 0 Å². The molecular weight excluding hydrogens is 264 g/mol. The van der Waals surface area contributed by atoms with Gasteiger partial charge in [-0.3, -0.25) is 0 Å². The van der Waals surface area contributed by atoms with Crippen LogP contribution in [0.25, 0.3) is 0 Å². The fourth-order valence-corrected chi connectivity index (χ4v) is 1.91. The Bertz CT molecular complexity index is 345. The Hall–Kier alpha value is -0.760. The van der Waals surface area contributed by atoms with Crippen molar-refractivity contribution in [3.8, 4) is 5.75 Å². The van der Waals surface area contributed by atoms with Crippen molar-refractivity contribution in [2.75, 3.05) is 6.61 Å². The van der Waals surface area contributed by atoms with Gasteiger partial charge in [0, 0.05) is 4.47 Å². The first-order valence-corrected chi connectivity index (χ1v) is 6.59. The molecule has 0 spiro atoms. The summed E-state index contributed by atoms with van der Waals surface area (Å²) in [5, 5.41) is 0. The van der Waals surface area contributed by atoms with Gasteiger partial charge in [-0.25, -0.2) is 0 Å². The lowest BCUT2D eigenvalue weighted by molar-refractivity contribution is 0.314. The number of ether oxygens (including phenoxy) is 1. The predicted octanol–water partition coefficient (Wildman–Crippen LogP) is 4.75. The summed E-state index contributed by atoms with van der Waals surface area (Å²) < 4.78 is 6.84. The highest BCUT2D eigenvalue weighted by Crippen LogP contribution is 2.24. The summed E-state index contributed by atoms with van der Waals surface area (Å²) >= 11 is 3.50. The van der Waals surface area contributed by atoms with E-state index in [1.807, 2.05) is 12.1 Å². The van der Waals surface area contributed by atoms with Crippen molar-refractivity contribution in [1.82, 2.24) is 0 Å². The average Bonchev–Trinajstić information content (AvgIpc) is 2.28. The Morgan fingerprint density at radius 2 is 2.19 bits per heavy atom. The van der Waals surface area contributed by atoms with Gasteiger partial charge < -0.3 is 4.74 Å². The van der Waals surface area contributed by atoms with Crippen LogP contribution in [-0.4, -0.2) is 6.61 Å². The van der Waals surface area contributed by atoms with Crippen molar-refractivity contribution in [1.29, 1.82) is 0 Å². The molecule has 0 aliphatic rings. The van der Waals surface area contributed by atoms with Crippen LogP contribution in [0.3, 0.4) is 0 Å². The Morgan fingerprint density at radius 3 is 2.88 bits per heavy atom. The minimum absolute atomic E-state index is 0.790. The molecule has 0 amide bonds. The highest BCUT2D eigenvalue weighted by atomic mass is 79.9. The van der Waals surface area contributed by atoms with Crippen molar-refractivity contribution < 1.29 is 4.74 Å². The van der Waals surface area contributed by atoms with Crippen LogP contribution < -0.4 is 4.74 Å². The summed E-state index contributed by atoms with van der Waals surface area (Å²) in [6.07, 6.45) is 7.41. The summed E-state index contributed by atoms with van der Waals surface area (Å²) in [7, 11) is 0. The summed E-state index contributed by atoms with van der Waals surface area (Å²) in [5.41, 5.74) is 1.28. The normalized spacial score (nSPS) is 10.9. The van der Waals surface area contributed by atoms with E-state index in [-0.39, 0.29) is 0 Å². The molecule has 0 aliphatic carbocycles. The van der Waals surface area contributed by atoms with E-state index in [2.05, 4.69) is 48.0 Å². The van der Waals surface area contributed by atoms with Gasteiger partial charge in [-0.05, 0) is 49.9 Å². The molecule has 1 aromatic carbocycles. The van der Waals surface area contributed by atoms with Gasteiger partial charge in [0.2, 0.25) is 0 Å². The largest absolute Gasteiger partial charge is 0.493 e. The molecule has 0 bridgehead atoms. The van der Waals surface area contributed by atoms with Gasteiger partial charge in [0.25, 0.3) is 0 Å². The second kappa shape index (κ2) is 7.50. The maximum atomic E-state index is 5.73. The molecule has 0 aliphatic heterocycles. The third kappa shape index (κ3) is 4.40. The number of rotatable bonds is 6. The lowest BCUT2D eigenvalue weighted by atomic mass is 10.1. The van der Waals surface area contributed by atoms with E-state index in [9.17, 15) is 0 Å². The number of benzene rings is 1. The Morgan fingerprint density at radius 1 is 1.38 bits per heavy atom. The fraction of sp³-hybridized carbons (Fsp3) is 0.429. The quantitative estimate of drug-likeness (QED) is 0.685. The summed E-state index contributed by atoms with van der Waals surface area (Å²) in [6, 6.07) is 6.23. The second-order valence-electron chi connectivity index (χ2n) is 3.71. The minimum atomic E-state index is 0.790.